The van der Waals surface area contributed by atoms with Crippen LogP contribution in [0.2, 0.25) is 0 Å². The van der Waals surface area contributed by atoms with Crippen molar-refractivity contribution in [1.29, 1.82) is 0 Å². The highest BCUT2D eigenvalue weighted by Crippen LogP contribution is 2.18. The molecule has 2 heterocycles. The molecule has 2 rings (SSSR count). The normalized spacial score (nSPS) is 10.4. The Morgan fingerprint density at radius 1 is 1.31 bits per heavy atom. The van der Waals surface area contributed by atoms with Crippen molar-refractivity contribution in [3.63, 3.8) is 0 Å². The van der Waals surface area contributed by atoms with Crippen LogP contribution in [0.4, 0.5) is 4.39 Å². The second kappa shape index (κ2) is 4.37. The van der Waals surface area contributed by atoms with Crippen molar-refractivity contribution < 1.29 is 4.39 Å². The number of hydrogen-bond donors (Lipinski definition) is 1. The Kier molecular flexibility index (Phi) is 2.92. The van der Waals surface area contributed by atoms with E-state index < -0.39 is 5.95 Å². The predicted molar refractivity (Wildman–Crippen MR) is 60.1 cm³/mol. The number of aryl methyl sites for hydroxylation is 1. The number of pyridine rings is 2. The van der Waals surface area contributed by atoms with Gasteiger partial charge in [-0.15, -0.1) is 0 Å². The molecule has 2 aromatic heterocycles. The van der Waals surface area contributed by atoms with E-state index in [0.29, 0.717) is 12.1 Å². The summed E-state index contributed by atoms with van der Waals surface area (Å²) in [5.74, 6) is -0.446. The summed E-state index contributed by atoms with van der Waals surface area (Å²) >= 11 is 0. The maximum Gasteiger partial charge on any atom is 0.215 e. The number of rotatable bonds is 2. The van der Waals surface area contributed by atoms with E-state index in [1.54, 1.807) is 19.2 Å². The van der Waals surface area contributed by atoms with Gasteiger partial charge in [-0.2, -0.15) is 4.39 Å². The van der Waals surface area contributed by atoms with E-state index in [0.717, 1.165) is 16.8 Å². The third-order valence-electron chi connectivity index (χ3n) is 2.37. The Morgan fingerprint density at radius 2 is 2.12 bits per heavy atom. The van der Waals surface area contributed by atoms with E-state index in [1.165, 1.54) is 6.20 Å². The van der Waals surface area contributed by atoms with Crippen molar-refractivity contribution in [1.82, 2.24) is 9.97 Å². The summed E-state index contributed by atoms with van der Waals surface area (Å²) in [4.78, 5) is 7.88. The Labute approximate surface area is 93.2 Å². The standard InChI is InChI=1S/C12H12FN3/c1-8-4-10(7-16-12(8)13)11-5-9(6-14)2-3-15-11/h2-5,7H,6,14H2,1H3. The van der Waals surface area contributed by atoms with Crippen molar-refractivity contribution in [2.45, 2.75) is 13.5 Å². The minimum atomic E-state index is -0.446. The van der Waals surface area contributed by atoms with E-state index in [-0.39, 0.29) is 0 Å². The van der Waals surface area contributed by atoms with E-state index in [9.17, 15) is 4.39 Å². The summed E-state index contributed by atoms with van der Waals surface area (Å²) in [6.45, 7) is 2.14. The van der Waals surface area contributed by atoms with Gasteiger partial charge in [-0.1, -0.05) is 0 Å². The monoisotopic (exact) mass is 217 g/mol. The summed E-state index contributed by atoms with van der Waals surface area (Å²) in [7, 11) is 0. The maximum atomic E-state index is 13.0. The molecule has 2 aromatic rings. The zero-order valence-electron chi connectivity index (χ0n) is 8.94. The molecule has 4 heteroatoms. The molecule has 0 amide bonds. The minimum absolute atomic E-state index is 0.446. The molecule has 0 bridgehead atoms. The molecule has 3 nitrogen and oxygen atoms in total. The van der Waals surface area contributed by atoms with Crippen LogP contribution in [-0.4, -0.2) is 9.97 Å². The van der Waals surface area contributed by atoms with Crippen molar-refractivity contribution in [2.75, 3.05) is 0 Å². The Hall–Kier alpha value is -1.81. The highest BCUT2D eigenvalue weighted by molar-refractivity contribution is 5.59. The molecule has 0 saturated carbocycles. The van der Waals surface area contributed by atoms with E-state index in [4.69, 9.17) is 5.73 Å². The Balaban J connectivity index is 2.46. The van der Waals surface area contributed by atoms with Crippen LogP contribution in [0.1, 0.15) is 11.1 Å². The van der Waals surface area contributed by atoms with Gasteiger partial charge in [0.05, 0.1) is 5.69 Å². The number of aromatic nitrogens is 2. The molecule has 0 radical (unpaired) electrons. The zero-order chi connectivity index (χ0) is 11.5. The lowest BCUT2D eigenvalue weighted by Gasteiger charge is -2.04. The number of nitrogens with zero attached hydrogens (tertiary/aromatic N) is 2. The number of hydrogen-bond acceptors (Lipinski definition) is 3. The van der Waals surface area contributed by atoms with E-state index in [1.807, 2.05) is 12.1 Å². The zero-order valence-corrected chi connectivity index (χ0v) is 8.94. The van der Waals surface area contributed by atoms with Crippen LogP contribution in [0.3, 0.4) is 0 Å². The molecule has 0 spiro atoms. The van der Waals surface area contributed by atoms with Crippen LogP contribution in [-0.2, 0) is 6.54 Å². The fraction of sp³-hybridized carbons (Fsp3) is 0.167. The smallest absolute Gasteiger partial charge is 0.215 e. The second-order valence-corrected chi connectivity index (χ2v) is 3.59. The van der Waals surface area contributed by atoms with Gasteiger partial charge in [0.2, 0.25) is 5.95 Å². The average molecular weight is 217 g/mol. The van der Waals surface area contributed by atoms with E-state index in [2.05, 4.69) is 9.97 Å². The fourth-order valence-corrected chi connectivity index (χ4v) is 1.46. The molecule has 16 heavy (non-hydrogen) atoms. The first-order chi connectivity index (χ1) is 7.70. The van der Waals surface area contributed by atoms with Gasteiger partial charge in [0, 0.05) is 30.1 Å². The molecule has 0 atom stereocenters. The molecule has 0 unspecified atom stereocenters. The minimum Gasteiger partial charge on any atom is -0.326 e. The average Bonchev–Trinajstić information content (AvgIpc) is 2.33. The molecule has 0 fully saturated rings. The van der Waals surface area contributed by atoms with Crippen LogP contribution in [0.5, 0.6) is 0 Å². The van der Waals surface area contributed by atoms with Crippen LogP contribution in [0.15, 0.2) is 30.6 Å². The summed E-state index contributed by atoms with van der Waals surface area (Å²) < 4.78 is 13.0. The Morgan fingerprint density at radius 3 is 2.81 bits per heavy atom. The molecule has 0 aliphatic heterocycles. The summed E-state index contributed by atoms with van der Waals surface area (Å²) in [5.41, 5.74) is 8.61. The first kappa shape index (κ1) is 10.7. The van der Waals surface area contributed by atoms with Crippen molar-refractivity contribution in [3.05, 3.63) is 47.7 Å². The van der Waals surface area contributed by atoms with Gasteiger partial charge in [-0.05, 0) is 30.7 Å². The highest BCUT2D eigenvalue weighted by Gasteiger charge is 2.04. The van der Waals surface area contributed by atoms with Crippen LogP contribution < -0.4 is 5.73 Å². The largest absolute Gasteiger partial charge is 0.326 e. The fourth-order valence-electron chi connectivity index (χ4n) is 1.46. The van der Waals surface area contributed by atoms with Gasteiger partial charge in [-0.3, -0.25) is 4.98 Å². The lowest BCUT2D eigenvalue weighted by atomic mass is 10.1. The van der Waals surface area contributed by atoms with E-state index >= 15 is 0 Å². The first-order valence-corrected chi connectivity index (χ1v) is 4.98. The molecule has 0 aliphatic carbocycles. The van der Waals surface area contributed by atoms with Gasteiger partial charge in [0.1, 0.15) is 0 Å². The number of nitrogens with two attached hydrogens (primary N) is 1. The van der Waals surface area contributed by atoms with Crippen molar-refractivity contribution in [2.24, 2.45) is 5.73 Å². The second-order valence-electron chi connectivity index (χ2n) is 3.59. The lowest BCUT2D eigenvalue weighted by molar-refractivity contribution is 0.575. The SMILES string of the molecule is Cc1cc(-c2cc(CN)ccn2)cnc1F. The lowest BCUT2D eigenvalue weighted by Crippen LogP contribution is -1.97. The third kappa shape index (κ3) is 2.06. The van der Waals surface area contributed by atoms with Gasteiger partial charge >= 0.3 is 0 Å². The molecule has 2 N–H and O–H groups in total. The Bertz CT molecular complexity index is 511. The highest BCUT2D eigenvalue weighted by atomic mass is 19.1. The molecule has 82 valence electrons. The predicted octanol–water partition coefficient (Wildman–Crippen LogP) is 2.05. The van der Waals surface area contributed by atoms with Gasteiger partial charge in [0.15, 0.2) is 0 Å². The van der Waals surface area contributed by atoms with Crippen LogP contribution in [0.25, 0.3) is 11.3 Å². The molecule has 0 saturated heterocycles. The molecule has 0 aromatic carbocycles. The summed E-state index contributed by atoms with van der Waals surface area (Å²) in [6.07, 6.45) is 3.17. The van der Waals surface area contributed by atoms with Crippen LogP contribution in [0, 0.1) is 12.9 Å². The quantitative estimate of drug-likeness (QED) is 0.783. The third-order valence-corrected chi connectivity index (χ3v) is 2.37. The first-order valence-electron chi connectivity index (χ1n) is 4.98. The number of halogens is 1. The van der Waals surface area contributed by atoms with Crippen molar-refractivity contribution in [3.8, 4) is 11.3 Å². The van der Waals surface area contributed by atoms with Crippen molar-refractivity contribution >= 4 is 0 Å². The molecular weight excluding hydrogens is 205 g/mol. The van der Waals surface area contributed by atoms with Crippen LogP contribution >= 0.6 is 0 Å². The van der Waals surface area contributed by atoms with Gasteiger partial charge in [0.25, 0.3) is 0 Å². The molecular formula is C12H12FN3. The summed E-state index contributed by atoms with van der Waals surface area (Å²) in [5, 5.41) is 0. The maximum absolute atomic E-state index is 13.0. The van der Waals surface area contributed by atoms with Gasteiger partial charge in [-0.25, -0.2) is 4.98 Å². The summed E-state index contributed by atoms with van der Waals surface area (Å²) in [6, 6.07) is 5.46. The topological polar surface area (TPSA) is 51.8 Å². The van der Waals surface area contributed by atoms with Gasteiger partial charge < -0.3 is 5.73 Å². The molecule has 0 aliphatic rings.